The fourth-order valence-electron chi connectivity index (χ4n) is 2.37. The van der Waals surface area contributed by atoms with Gasteiger partial charge in [0.15, 0.2) is 5.82 Å². The number of nitrogens with one attached hydrogen (secondary N) is 1. The number of nitrogens with two attached hydrogens (primary N) is 2. The Kier molecular flexibility index (Phi) is 3.20. The van der Waals surface area contributed by atoms with Gasteiger partial charge in [0.05, 0.1) is 5.52 Å². The zero-order chi connectivity index (χ0) is 13.9. The molecule has 4 rings (SSSR count). The van der Waals surface area contributed by atoms with E-state index in [0.29, 0.717) is 11.6 Å². The lowest BCUT2D eigenvalue weighted by molar-refractivity contribution is 0.899. The van der Waals surface area contributed by atoms with Crippen molar-refractivity contribution in [3.05, 3.63) is 41.9 Å². The molecule has 0 atom stereocenters. The van der Waals surface area contributed by atoms with Crippen LogP contribution < -0.4 is 11.5 Å². The highest BCUT2D eigenvalue weighted by Gasteiger charge is 2.14. The van der Waals surface area contributed by atoms with Crippen molar-refractivity contribution in [2.45, 2.75) is 19.3 Å². The van der Waals surface area contributed by atoms with Crippen molar-refractivity contribution < 1.29 is 0 Å². The van der Waals surface area contributed by atoms with Crippen molar-refractivity contribution >= 4 is 22.5 Å². The molecule has 0 saturated heterocycles. The molecule has 6 heteroatoms. The molecular weight excluding hydrogens is 252 g/mol. The van der Waals surface area contributed by atoms with E-state index in [2.05, 4.69) is 20.2 Å². The van der Waals surface area contributed by atoms with Gasteiger partial charge in [-0.05, 0) is 31.4 Å². The molecule has 1 aromatic carbocycles. The topological polar surface area (TPSA) is 106 Å². The Morgan fingerprint density at radius 3 is 2.65 bits per heavy atom. The van der Waals surface area contributed by atoms with Gasteiger partial charge in [0.2, 0.25) is 0 Å². The van der Waals surface area contributed by atoms with Gasteiger partial charge >= 0.3 is 0 Å². The van der Waals surface area contributed by atoms with Crippen molar-refractivity contribution in [3.63, 3.8) is 0 Å². The molecule has 0 spiro atoms. The summed E-state index contributed by atoms with van der Waals surface area (Å²) in [4.78, 5) is 8.05. The van der Waals surface area contributed by atoms with Crippen molar-refractivity contribution in [3.8, 4) is 0 Å². The first-order chi connectivity index (χ1) is 9.75. The van der Waals surface area contributed by atoms with Crippen LogP contribution in [-0.2, 0) is 12.8 Å². The van der Waals surface area contributed by atoms with Crippen molar-refractivity contribution in [2.24, 2.45) is 0 Å². The Morgan fingerprint density at radius 2 is 1.85 bits per heavy atom. The minimum atomic E-state index is 0.565. The number of aromatic nitrogens is 4. The van der Waals surface area contributed by atoms with Crippen LogP contribution in [0.1, 0.15) is 17.7 Å². The lowest BCUT2D eigenvalue weighted by Gasteiger charge is -1.98. The summed E-state index contributed by atoms with van der Waals surface area (Å²) >= 11 is 0. The van der Waals surface area contributed by atoms with Crippen LogP contribution in [0.5, 0.6) is 0 Å². The van der Waals surface area contributed by atoms with Gasteiger partial charge in [-0.2, -0.15) is 5.10 Å². The molecule has 20 heavy (non-hydrogen) atoms. The summed E-state index contributed by atoms with van der Waals surface area (Å²) in [6.45, 7) is 0. The van der Waals surface area contributed by atoms with Gasteiger partial charge in [0.1, 0.15) is 12.1 Å². The van der Waals surface area contributed by atoms with E-state index in [1.54, 1.807) is 6.33 Å². The molecule has 3 aromatic rings. The molecule has 2 aromatic heterocycles. The normalized spacial score (nSPS) is 12.8. The maximum absolute atomic E-state index is 5.62. The van der Waals surface area contributed by atoms with Crippen LogP contribution >= 0.6 is 0 Å². The van der Waals surface area contributed by atoms with Crippen molar-refractivity contribution in [2.75, 3.05) is 11.5 Å². The molecule has 1 aliphatic carbocycles. The maximum Gasteiger partial charge on any atom is 0.153 e. The van der Waals surface area contributed by atoms with E-state index in [4.69, 9.17) is 11.5 Å². The minimum absolute atomic E-state index is 0.565. The van der Waals surface area contributed by atoms with Gasteiger partial charge in [-0.3, -0.25) is 5.10 Å². The first kappa shape index (κ1) is 12.4. The van der Waals surface area contributed by atoms with E-state index in [1.165, 1.54) is 12.0 Å². The van der Waals surface area contributed by atoms with Gasteiger partial charge in [-0.1, -0.05) is 12.1 Å². The highest BCUT2D eigenvalue weighted by molar-refractivity contribution is 5.88. The summed E-state index contributed by atoms with van der Waals surface area (Å²) < 4.78 is 0. The number of rotatable bonds is 0. The van der Waals surface area contributed by atoms with Crippen LogP contribution in [0.2, 0.25) is 0 Å². The second-order valence-corrected chi connectivity index (χ2v) is 4.69. The fourth-order valence-corrected chi connectivity index (χ4v) is 2.37. The summed E-state index contributed by atoms with van der Waals surface area (Å²) in [6.07, 6.45) is 4.85. The number of benzene rings is 1. The minimum Gasteiger partial charge on any atom is -0.383 e. The average Bonchev–Trinajstić information content (AvgIpc) is 3.08. The Morgan fingerprint density at radius 1 is 1.00 bits per heavy atom. The van der Waals surface area contributed by atoms with Gasteiger partial charge in [0, 0.05) is 16.6 Å². The highest BCUT2D eigenvalue weighted by atomic mass is 15.1. The molecular formula is C14H16N6. The summed E-state index contributed by atoms with van der Waals surface area (Å²) in [5.41, 5.74) is 14.5. The number of para-hydroxylation sites is 1. The molecule has 0 aliphatic heterocycles. The van der Waals surface area contributed by atoms with Gasteiger partial charge < -0.3 is 11.5 Å². The Labute approximate surface area is 116 Å². The predicted octanol–water partition coefficient (Wildman–Crippen LogP) is 1.69. The monoisotopic (exact) mass is 268 g/mol. The number of aromatic amines is 1. The number of fused-ring (bicyclic) bond motifs is 2. The van der Waals surface area contributed by atoms with Crippen LogP contribution in [0.25, 0.3) is 10.9 Å². The van der Waals surface area contributed by atoms with Crippen LogP contribution in [0.15, 0.2) is 30.6 Å². The fraction of sp³-hybridized carbons (Fsp3) is 0.214. The molecule has 0 bridgehead atoms. The SMILES string of the molecule is Nc1n[nH]c2ccccc12.Nc1ncnc2c1CCC2. The van der Waals surface area contributed by atoms with E-state index in [0.717, 1.165) is 29.4 Å². The number of nitrogen functional groups attached to an aromatic ring is 2. The van der Waals surface area contributed by atoms with Gasteiger partial charge in [0.25, 0.3) is 0 Å². The molecule has 6 nitrogen and oxygen atoms in total. The van der Waals surface area contributed by atoms with Crippen LogP contribution in [0.4, 0.5) is 11.6 Å². The number of hydrogen-bond acceptors (Lipinski definition) is 5. The second kappa shape index (κ2) is 5.16. The van der Waals surface area contributed by atoms with Crippen LogP contribution in [0, 0.1) is 0 Å². The second-order valence-electron chi connectivity index (χ2n) is 4.69. The largest absolute Gasteiger partial charge is 0.383 e. The number of nitrogens with zero attached hydrogens (tertiary/aromatic N) is 3. The first-order valence-electron chi connectivity index (χ1n) is 6.52. The summed E-state index contributed by atoms with van der Waals surface area (Å²) in [5.74, 6) is 1.23. The molecule has 102 valence electrons. The van der Waals surface area contributed by atoms with Crippen LogP contribution in [0.3, 0.4) is 0 Å². The lowest BCUT2D eigenvalue weighted by Crippen LogP contribution is -1.98. The molecule has 0 saturated carbocycles. The highest BCUT2D eigenvalue weighted by Crippen LogP contribution is 2.22. The molecule has 0 unspecified atom stereocenters. The standard InChI is InChI=1S/C7H9N3.C7H7N3/c8-7-5-2-1-3-6(5)9-4-10-7;8-7-5-3-1-2-4-6(5)9-10-7/h4H,1-3H2,(H2,8,9,10);1-4H,(H3,8,9,10). The van der Waals surface area contributed by atoms with E-state index in [9.17, 15) is 0 Å². The molecule has 0 fully saturated rings. The lowest BCUT2D eigenvalue weighted by atomic mass is 10.2. The van der Waals surface area contributed by atoms with Crippen LogP contribution in [-0.4, -0.2) is 20.2 Å². The van der Waals surface area contributed by atoms with Gasteiger partial charge in [-0.25, -0.2) is 9.97 Å². The molecule has 1 aliphatic rings. The van der Waals surface area contributed by atoms with E-state index in [1.807, 2.05) is 24.3 Å². The Hall–Kier alpha value is -2.63. The molecule has 0 amide bonds. The summed E-state index contributed by atoms with van der Waals surface area (Å²) in [7, 11) is 0. The first-order valence-corrected chi connectivity index (χ1v) is 6.52. The third kappa shape index (κ3) is 2.27. The maximum atomic E-state index is 5.62. The Bertz CT molecular complexity index is 733. The number of hydrogen-bond donors (Lipinski definition) is 3. The van der Waals surface area contributed by atoms with E-state index < -0.39 is 0 Å². The predicted molar refractivity (Wildman–Crippen MR) is 79.0 cm³/mol. The summed E-state index contributed by atoms with van der Waals surface area (Å²) in [5, 5.41) is 7.65. The third-order valence-corrected chi connectivity index (χ3v) is 3.41. The third-order valence-electron chi connectivity index (χ3n) is 3.41. The number of anilines is 2. The van der Waals surface area contributed by atoms with Crippen molar-refractivity contribution in [1.82, 2.24) is 20.2 Å². The van der Waals surface area contributed by atoms with Crippen molar-refractivity contribution in [1.29, 1.82) is 0 Å². The zero-order valence-electron chi connectivity index (χ0n) is 11.0. The number of aryl methyl sites for hydroxylation is 1. The molecule has 0 radical (unpaired) electrons. The van der Waals surface area contributed by atoms with Gasteiger partial charge in [-0.15, -0.1) is 0 Å². The quantitative estimate of drug-likeness (QED) is 0.575. The van der Waals surface area contributed by atoms with E-state index >= 15 is 0 Å². The molecule has 2 heterocycles. The zero-order valence-corrected chi connectivity index (χ0v) is 11.0. The van der Waals surface area contributed by atoms with E-state index in [-0.39, 0.29) is 0 Å². The average molecular weight is 268 g/mol. The number of H-pyrrole nitrogens is 1. The summed E-state index contributed by atoms with van der Waals surface area (Å²) in [6, 6.07) is 7.76. The Balaban J connectivity index is 0.000000121. The molecule has 5 N–H and O–H groups in total. The smallest absolute Gasteiger partial charge is 0.153 e.